The summed E-state index contributed by atoms with van der Waals surface area (Å²) in [5, 5.41) is 10.4. The molecule has 4 nitrogen and oxygen atoms in total. The highest BCUT2D eigenvalue weighted by molar-refractivity contribution is 5.83. The number of carbonyl (C=O) groups is 1. The van der Waals surface area contributed by atoms with E-state index >= 15 is 0 Å². The van der Waals surface area contributed by atoms with Gasteiger partial charge in [0, 0.05) is 19.0 Å². The van der Waals surface area contributed by atoms with Crippen LogP contribution in [0.4, 0.5) is 0 Å². The Hall–Kier alpha value is -1.05. The van der Waals surface area contributed by atoms with Crippen molar-refractivity contribution in [3.8, 4) is 12.3 Å². The van der Waals surface area contributed by atoms with E-state index in [1.165, 1.54) is 0 Å². The minimum absolute atomic E-state index is 0.107. The van der Waals surface area contributed by atoms with E-state index in [2.05, 4.69) is 10.8 Å². The zero-order chi connectivity index (χ0) is 13.9. The van der Waals surface area contributed by atoms with Crippen LogP contribution in [-0.4, -0.2) is 47.8 Å². The monoisotopic (exact) mass is 265 g/mol. The molecule has 1 saturated heterocycles. The molecule has 0 aromatic heterocycles. The average Bonchev–Trinajstić information content (AvgIpc) is 2.95. The third-order valence-electron chi connectivity index (χ3n) is 4.42. The van der Waals surface area contributed by atoms with Crippen LogP contribution < -0.4 is 0 Å². The highest BCUT2D eigenvalue weighted by Gasteiger charge is 2.45. The van der Waals surface area contributed by atoms with Crippen molar-refractivity contribution in [2.45, 2.75) is 50.2 Å². The largest absolute Gasteiger partial charge is 0.459 e. The van der Waals surface area contributed by atoms with E-state index in [0.717, 1.165) is 51.6 Å². The molecular formula is C15H23NO3. The summed E-state index contributed by atoms with van der Waals surface area (Å²) in [7, 11) is 2.05. The number of likely N-dealkylation sites (tertiary alicyclic amines) is 1. The van der Waals surface area contributed by atoms with Crippen LogP contribution in [0.2, 0.25) is 0 Å². The van der Waals surface area contributed by atoms with Crippen molar-refractivity contribution in [1.82, 2.24) is 4.90 Å². The summed E-state index contributed by atoms with van der Waals surface area (Å²) in [5.74, 6) is 1.53. The lowest BCUT2D eigenvalue weighted by atomic mass is 9.86. The van der Waals surface area contributed by atoms with Gasteiger partial charge in [-0.2, -0.15) is 0 Å². The zero-order valence-electron chi connectivity index (χ0n) is 11.6. The summed E-state index contributed by atoms with van der Waals surface area (Å²) in [6.07, 6.45) is 10.6. The van der Waals surface area contributed by atoms with Gasteiger partial charge in [-0.05, 0) is 32.7 Å². The van der Waals surface area contributed by atoms with Crippen molar-refractivity contribution >= 4 is 5.97 Å². The molecule has 0 aromatic carbocycles. The third-order valence-corrected chi connectivity index (χ3v) is 4.42. The summed E-state index contributed by atoms with van der Waals surface area (Å²) in [6, 6.07) is 0. The summed E-state index contributed by atoms with van der Waals surface area (Å²) in [6.45, 7) is 1.83. The molecule has 4 heteroatoms. The number of carbonyl (C=O) groups excluding carboxylic acids is 1. The number of hydrogen-bond donors (Lipinski definition) is 1. The maximum atomic E-state index is 12.2. The first-order chi connectivity index (χ1) is 9.06. The SMILES string of the molecule is C#CC(O)(C(=O)OC1CCN(C)CC1)C1CCCC1. The van der Waals surface area contributed by atoms with E-state index in [9.17, 15) is 9.90 Å². The molecule has 1 unspecified atom stereocenters. The number of esters is 1. The summed E-state index contributed by atoms with van der Waals surface area (Å²) < 4.78 is 5.45. The number of piperidine rings is 1. The quantitative estimate of drug-likeness (QED) is 0.615. The molecule has 1 aliphatic carbocycles. The van der Waals surface area contributed by atoms with Crippen LogP contribution in [0.15, 0.2) is 0 Å². The van der Waals surface area contributed by atoms with Gasteiger partial charge in [0.15, 0.2) is 0 Å². The standard InChI is InChI=1S/C15H23NO3/c1-3-15(18,12-6-4-5-7-12)14(17)19-13-8-10-16(2)11-9-13/h1,12-13,18H,4-11H2,2H3. The molecular weight excluding hydrogens is 242 g/mol. The van der Waals surface area contributed by atoms with Crippen molar-refractivity contribution in [3.63, 3.8) is 0 Å². The van der Waals surface area contributed by atoms with Crippen LogP contribution in [0, 0.1) is 18.3 Å². The molecule has 0 bridgehead atoms. The van der Waals surface area contributed by atoms with Crippen LogP contribution in [0.3, 0.4) is 0 Å². The van der Waals surface area contributed by atoms with Crippen molar-refractivity contribution in [2.75, 3.05) is 20.1 Å². The molecule has 1 atom stereocenters. The van der Waals surface area contributed by atoms with Crippen LogP contribution in [0.25, 0.3) is 0 Å². The van der Waals surface area contributed by atoms with E-state index < -0.39 is 11.6 Å². The van der Waals surface area contributed by atoms with Gasteiger partial charge >= 0.3 is 5.97 Å². The molecule has 1 saturated carbocycles. The minimum Gasteiger partial charge on any atom is -0.459 e. The maximum absolute atomic E-state index is 12.2. The fraction of sp³-hybridized carbons (Fsp3) is 0.800. The maximum Gasteiger partial charge on any atom is 0.351 e. The highest BCUT2D eigenvalue weighted by atomic mass is 16.6. The average molecular weight is 265 g/mol. The normalized spacial score (nSPS) is 25.7. The fourth-order valence-corrected chi connectivity index (χ4v) is 3.03. The molecule has 0 spiro atoms. The molecule has 1 heterocycles. The lowest BCUT2D eigenvalue weighted by molar-refractivity contribution is -0.171. The molecule has 2 rings (SSSR count). The predicted molar refractivity (Wildman–Crippen MR) is 72.4 cm³/mol. The number of nitrogens with zero attached hydrogens (tertiary/aromatic N) is 1. The number of terminal acetylenes is 1. The molecule has 0 aromatic rings. The van der Waals surface area contributed by atoms with Crippen molar-refractivity contribution in [2.24, 2.45) is 5.92 Å². The smallest absolute Gasteiger partial charge is 0.351 e. The lowest BCUT2D eigenvalue weighted by Crippen LogP contribution is -2.47. The molecule has 0 amide bonds. The van der Waals surface area contributed by atoms with Gasteiger partial charge in [-0.1, -0.05) is 18.8 Å². The second-order valence-corrected chi connectivity index (χ2v) is 5.80. The van der Waals surface area contributed by atoms with E-state index in [1.54, 1.807) is 0 Å². The van der Waals surface area contributed by atoms with E-state index in [-0.39, 0.29) is 12.0 Å². The second-order valence-electron chi connectivity index (χ2n) is 5.80. The first-order valence-corrected chi connectivity index (χ1v) is 7.16. The Morgan fingerprint density at radius 2 is 1.89 bits per heavy atom. The van der Waals surface area contributed by atoms with Crippen molar-refractivity contribution < 1.29 is 14.6 Å². The Kier molecular flexibility index (Phi) is 4.49. The van der Waals surface area contributed by atoms with Gasteiger partial charge in [0.2, 0.25) is 5.60 Å². The Balaban J connectivity index is 1.95. The van der Waals surface area contributed by atoms with E-state index in [0.29, 0.717) is 0 Å². The molecule has 2 fully saturated rings. The van der Waals surface area contributed by atoms with Gasteiger partial charge in [0.05, 0.1) is 0 Å². The lowest BCUT2D eigenvalue weighted by Gasteiger charge is -2.32. The Morgan fingerprint density at radius 3 is 2.42 bits per heavy atom. The topological polar surface area (TPSA) is 49.8 Å². The minimum atomic E-state index is -1.72. The van der Waals surface area contributed by atoms with Crippen molar-refractivity contribution in [1.29, 1.82) is 0 Å². The molecule has 1 N–H and O–H groups in total. The Labute approximate surface area is 115 Å². The summed E-state index contributed by atoms with van der Waals surface area (Å²) >= 11 is 0. The predicted octanol–water partition coefficient (Wildman–Crippen LogP) is 1.18. The van der Waals surface area contributed by atoms with E-state index in [4.69, 9.17) is 11.2 Å². The van der Waals surface area contributed by atoms with Crippen molar-refractivity contribution in [3.05, 3.63) is 0 Å². The van der Waals surface area contributed by atoms with Gasteiger partial charge < -0.3 is 14.7 Å². The Morgan fingerprint density at radius 1 is 1.32 bits per heavy atom. The van der Waals surface area contributed by atoms with Gasteiger partial charge in [0.1, 0.15) is 6.10 Å². The molecule has 1 aliphatic heterocycles. The van der Waals surface area contributed by atoms with Gasteiger partial charge in [-0.3, -0.25) is 0 Å². The third kappa shape index (κ3) is 3.10. The van der Waals surface area contributed by atoms with Gasteiger partial charge in [0.25, 0.3) is 0 Å². The number of hydrogen-bond acceptors (Lipinski definition) is 4. The highest BCUT2D eigenvalue weighted by Crippen LogP contribution is 2.35. The molecule has 0 radical (unpaired) electrons. The van der Waals surface area contributed by atoms with Crippen LogP contribution >= 0.6 is 0 Å². The Bertz CT molecular complexity index is 362. The zero-order valence-corrected chi connectivity index (χ0v) is 11.6. The van der Waals surface area contributed by atoms with Crippen LogP contribution in [0.1, 0.15) is 38.5 Å². The molecule has 19 heavy (non-hydrogen) atoms. The van der Waals surface area contributed by atoms with Gasteiger partial charge in [-0.15, -0.1) is 6.42 Å². The number of rotatable bonds is 3. The summed E-state index contributed by atoms with van der Waals surface area (Å²) in [4.78, 5) is 14.4. The fourth-order valence-electron chi connectivity index (χ4n) is 3.03. The van der Waals surface area contributed by atoms with E-state index in [1.807, 2.05) is 7.05 Å². The van der Waals surface area contributed by atoms with Gasteiger partial charge in [-0.25, -0.2) is 4.79 Å². The first kappa shape index (κ1) is 14.4. The molecule has 106 valence electrons. The second kappa shape index (κ2) is 5.94. The van der Waals surface area contributed by atoms with Crippen LogP contribution in [-0.2, 0) is 9.53 Å². The molecule has 2 aliphatic rings. The number of aliphatic hydroxyl groups is 1. The van der Waals surface area contributed by atoms with Crippen LogP contribution in [0.5, 0.6) is 0 Å². The first-order valence-electron chi connectivity index (χ1n) is 7.16. The number of ether oxygens (including phenoxy) is 1. The summed E-state index contributed by atoms with van der Waals surface area (Å²) in [5.41, 5.74) is -1.72.